The van der Waals surface area contributed by atoms with E-state index in [9.17, 15) is 19.2 Å². The van der Waals surface area contributed by atoms with Gasteiger partial charge in [0.05, 0.1) is 16.8 Å². The Kier molecular flexibility index (Phi) is 4.18. The molecule has 1 aliphatic rings. The lowest BCUT2D eigenvalue weighted by atomic mass is 10.0. The van der Waals surface area contributed by atoms with Crippen molar-refractivity contribution in [3.8, 4) is 0 Å². The molecule has 1 aliphatic heterocycles. The Balaban J connectivity index is 1.96. The molecule has 0 saturated heterocycles. The summed E-state index contributed by atoms with van der Waals surface area (Å²) in [6.45, 7) is 3.60. The maximum Gasteiger partial charge on any atom is 0.369 e. The number of hydrogen-bond acceptors (Lipinski definition) is 6. The van der Waals surface area contributed by atoms with Gasteiger partial charge < -0.3 is 4.84 Å². The molecule has 0 fully saturated rings. The highest BCUT2D eigenvalue weighted by Gasteiger charge is 2.39. The average Bonchev–Trinajstić information content (AvgIpc) is 2.86. The van der Waals surface area contributed by atoms with Gasteiger partial charge in [-0.1, -0.05) is 31.0 Å². The Morgan fingerprint density at radius 1 is 1.08 bits per heavy atom. The zero-order chi connectivity index (χ0) is 18.1. The topological polar surface area (TPSA) is 109 Å². The van der Waals surface area contributed by atoms with Crippen LogP contribution < -0.4 is 5.56 Å². The monoisotopic (exact) mass is 341 g/mol. The summed E-state index contributed by atoms with van der Waals surface area (Å²) >= 11 is 0. The summed E-state index contributed by atoms with van der Waals surface area (Å²) in [5.74, 6) is -2.55. The number of fused-ring (bicyclic) bond motifs is 1. The number of nitrogens with one attached hydrogen (secondary N) is 1. The molecule has 1 N–H and O–H groups in total. The fourth-order valence-corrected chi connectivity index (χ4v) is 2.79. The average molecular weight is 341 g/mol. The van der Waals surface area contributed by atoms with Gasteiger partial charge in [0.15, 0.2) is 0 Å². The molecule has 2 amide bonds. The van der Waals surface area contributed by atoms with E-state index in [4.69, 9.17) is 4.84 Å². The van der Waals surface area contributed by atoms with Crippen LogP contribution in [0.2, 0.25) is 0 Å². The molecule has 2 aromatic rings. The van der Waals surface area contributed by atoms with Crippen LogP contribution in [0, 0.1) is 0 Å². The van der Waals surface area contributed by atoms with Crippen LogP contribution >= 0.6 is 0 Å². The summed E-state index contributed by atoms with van der Waals surface area (Å²) in [6, 6.07) is 6.14. The largest absolute Gasteiger partial charge is 0.369 e. The smallest absolute Gasteiger partial charge is 0.324 e. The zero-order valence-electron chi connectivity index (χ0n) is 13.7. The van der Waals surface area contributed by atoms with Crippen molar-refractivity contribution in [3.05, 3.63) is 62.6 Å². The molecule has 0 radical (unpaired) electrons. The number of aromatic amines is 1. The quantitative estimate of drug-likeness (QED) is 0.839. The Morgan fingerprint density at radius 3 is 2.20 bits per heavy atom. The van der Waals surface area contributed by atoms with Gasteiger partial charge in [0.25, 0.3) is 17.4 Å². The van der Waals surface area contributed by atoms with Crippen molar-refractivity contribution in [1.29, 1.82) is 0 Å². The van der Waals surface area contributed by atoms with Crippen molar-refractivity contribution in [1.82, 2.24) is 15.3 Å². The fourth-order valence-electron chi connectivity index (χ4n) is 2.79. The summed E-state index contributed by atoms with van der Waals surface area (Å²) < 4.78 is 0. The van der Waals surface area contributed by atoms with Crippen LogP contribution in [-0.4, -0.2) is 33.0 Å². The number of amides is 2. The summed E-state index contributed by atoms with van der Waals surface area (Å²) in [5.41, 5.74) is 0.314. The number of rotatable bonds is 4. The maximum absolute atomic E-state index is 12.5. The molecule has 2 heterocycles. The Hall–Kier alpha value is -3.29. The van der Waals surface area contributed by atoms with Crippen LogP contribution in [0.3, 0.4) is 0 Å². The van der Waals surface area contributed by atoms with Gasteiger partial charge in [-0.15, -0.1) is 0 Å². The minimum absolute atomic E-state index is 0.147. The van der Waals surface area contributed by atoms with E-state index >= 15 is 0 Å². The molecule has 0 saturated carbocycles. The van der Waals surface area contributed by atoms with Gasteiger partial charge in [0.1, 0.15) is 5.56 Å². The van der Waals surface area contributed by atoms with E-state index in [0.717, 1.165) is 0 Å². The normalized spacial score (nSPS) is 13.1. The van der Waals surface area contributed by atoms with E-state index in [1.165, 1.54) is 12.1 Å². The number of carbonyl (C=O) groups is 3. The van der Waals surface area contributed by atoms with Gasteiger partial charge in [0, 0.05) is 0 Å². The van der Waals surface area contributed by atoms with Gasteiger partial charge in [-0.2, -0.15) is 5.10 Å². The van der Waals surface area contributed by atoms with Crippen molar-refractivity contribution < 1.29 is 19.2 Å². The minimum atomic E-state index is -1.07. The predicted octanol–water partition coefficient (Wildman–Crippen LogP) is 1.26. The summed E-state index contributed by atoms with van der Waals surface area (Å²) in [5, 5.41) is 6.54. The molecule has 0 aliphatic carbocycles. The Bertz CT molecular complexity index is 913. The standard InChI is InChI=1S/C17H15N3O5/c1-3-9-12(4-2)18-19-14(21)13(9)17(24)25-20-15(22)10-7-5-6-8-11(10)16(20)23/h5-8H,3-4H2,1-2H3,(H,19,21). The Morgan fingerprint density at radius 2 is 1.68 bits per heavy atom. The molecule has 25 heavy (non-hydrogen) atoms. The third-order valence-electron chi connectivity index (χ3n) is 3.99. The first-order valence-electron chi connectivity index (χ1n) is 7.80. The van der Waals surface area contributed by atoms with Crippen molar-refractivity contribution >= 4 is 17.8 Å². The zero-order valence-corrected chi connectivity index (χ0v) is 13.7. The van der Waals surface area contributed by atoms with E-state index in [1.807, 2.05) is 6.92 Å². The summed E-state index contributed by atoms with van der Waals surface area (Å²) in [7, 11) is 0. The minimum Gasteiger partial charge on any atom is -0.324 e. The van der Waals surface area contributed by atoms with E-state index in [2.05, 4.69) is 10.2 Å². The van der Waals surface area contributed by atoms with Crippen molar-refractivity contribution in [3.63, 3.8) is 0 Å². The summed E-state index contributed by atoms with van der Waals surface area (Å²) in [6.07, 6.45) is 0.889. The highest BCUT2D eigenvalue weighted by atomic mass is 16.7. The number of aromatic nitrogens is 2. The number of benzene rings is 1. The molecule has 3 rings (SSSR count). The molecule has 0 bridgehead atoms. The maximum atomic E-state index is 12.5. The first-order valence-corrected chi connectivity index (χ1v) is 7.80. The van der Waals surface area contributed by atoms with Crippen molar-refractivity contribution in [2.75, 3.05) is 0 Å². The molecule has 8 heteroatoms. The van der Waals surface area contributed by atoms with Crippen molar-refractivity contribution in [2.24, 2.45) is 0 Å². The van der Waals surface area contributed by atoms with Crippen molar-refractivity contribution in [2.45, 2.75) is 26.7 Å². The third-order valence-corrected chi connectivity index (χ3v) is 3.99. The lowest BCUT2D eigenvalue weighted by Gasteiger charge is -2.14. The second kappa shape index (κ2) is 6.31. The highest BCUT2D eigenvalue weighted by Crippen LogP contribution is 2.23. The number of H-pyrrole nitrogens is 1. The van der Waals surface area contributed by atoms with E-state index in [1.54, 1.807) is 19.1 Å². The van der Waals surface area contributed by atoms with E-state index in [0.29, 0.717) is 29.2 Å². The van der Waals surface area contributed by atoms with Gasteiger partial charge in [-0.3, -0.25) is 14.4 Å². The third kappa shape index (κ3) is 2.61. The second-order valence-electron chi connectivity index (χ2n) is 5.39. The van der Waals surface area contributed by atoms with Gasteiger partial charge in [0.2, 0.25) is 0 Å². The molecule has 128 valence electrons. The SMILES string of the molecule is CCc1n[nH]c(=O)c(C(=O)ON2C(=O)c3ccccc3C2=O)c1CC. The number of hydrogen-bond donors (Lipinski definition) is 1. The number of hydroxylamine groups is 2. The number of nitrogens with zero attached hydrogens (tertiary/aromatic N) is 2. The van der Waals surface area contributed by atoms with Gasteiger partial charge >= 0.3 is 5.97 Å². The predicted molar refractivity (Wildman–Crippen MR) is 86.0 cm³/mol. The fraction of sp³-hybridized carbons (Fsp3) is 0.235. The lowest BCUT2D eigenvalue weighted by molar-refractivity contribution is -0.0586. The van der Waals surface area contributed by atoms with Crippen LogP contribution in [0.25, 0.3) is 0 Å². The van der Waals surface area contributed by atoms with Gasteiger partial charge in [-0.25, -0.2) is 9.89 Å². The molecular formula is C17H15N3O5. The lowest BCUT2D eigenvalue weighted by Crippen LogP contribution is -2.35. The molecule has 1 aromatic heterocycles. The molecule has 8 nitrogen and oxygen atoms in total. The van der Waals surface area contributed by atoms with Gasteiger partial charge in [-0.05, 0) is 30.5 Å². The molecular weight excluding hydrogens is 326 g/mol. The van der Waals surface area contributed by atoms with E-state index < -0.39 is 23.3 Å². The van der Waals surface area contributed by atoms with Crippen LogP contribution in [-0.2, 0) is 17.7 Å². The van der Waals surface area contributed by atoms with Crippen LogP contribution in [0.5, 0.6) is 0 Å². The number of carbonyl (C=O) groups excluding carboxylic acids is 3. The number of aryl methyl sites for hydroxylation is 1. The van der Waals surface area contributed by atoms with Crippen LogP contribution in [0.1, 0.15) is 56.2 Å². The second-order valence-corrected chi connectivity index (χ2v) is 5.39. The van der Waals surface area contributed by atoms with Crippen LogP contribution in [0.4, 0.5) is 0 Å². The Labute approximate surface area is 142 Å². The molecule has 1 aromatic carbocycles. The highest BCUT2D eigenvalue weighted by molar-refractivity contribution is 6.21. The van der Waals surface area contributed by atoms with E-state index in [-0.39, 0.29) is 16.7 Å². The molecule has 0 unspecified atom stereocenters. The molecule has 0 atom stereocenters. The molecule has 0 spiro atoms. The first kappa shape index (κ1) is 16.6. The number of imide groups is 1. The van der Waals surface area contributed by atoms with Crippen LogP contribution in [0.15, 0.2) is 29.1 Å². The first-order chi connectivity index (χ1) is 12.0. The summed E-state index contributed by atoms with van der Waals surface area (Å²) in [4.78, 5) is 54.1.